The zero-order chi connectivity index (χ0) is 11.7. The van der Waals surface area contributed by atoms with Crippen molar-refractivity contribution in [3.63, 3.8) is 0 Å². The molecule has 17 heavy (non-hydrogen) atoms. The van der Waals surface area contributed by atoms with E-state index in [0.717, 1.165) is 18.4 Å². The van der Waals surface area contributed by atoms with Crippen molar-refractivity contribution in [2.24, 2.45) is 11.8 Å². The fourth-order valence-corrected chi connectivity index (χ4v) is 3.61. The second-order valence-electron chi connectivity index (χ2n) is 5.56. The number of benzene rings is 1. The third-order valence-electron chi connectivity index (χ3n) is 4.56. The van der Waals surface area contributed by atoms with Gasteiger partial charge < -0.3 is 0 Å². The molecule has 1 nitrogen and oxygen atoms in total. The zero-order valence-electron chi connectivity index (χ0n) is 10.3. The lowest BCUT2D eigenvalue weighted by Crippen LogP contribution is -2.30. The van der Waals surface area contributed by atoms with Crippen molar-refractivity contribution >= 4 is 5.78 Å². The van der Waals surface area contributed by atoms with E-state index >= 15 is 0 Å². The molecule has 0 spiro atoms. The number of hydrogen-bond acceptors (Lipinski definition) is 1. The number of hydrogen-bond donors (Lipinski definition) is 0. The molecular weight excluding hydrogens is 208 g/mol. The third kappa shape index (κ3) is 2.03. The molecule has 3 rings (SSSR count). The van der Waals surface area contributed by atoms with Crippen LogP contribution in [0, 0.1) is 11.8 Å². The van der Waals surface area contributed by atoms with Crippen LogP contribution < -0.4 is 0 Å². The Bertz CT molecular complexity index is 415. The molecule has 1 aromatic carbocycles. The fourth-order valence-electron chi connectivity index (χ4n) is 3.61. The van der Waals surface area contributed by atoms with Gasteiger partial charge in [-0.1, -0.05) is 43.5 Å². The van der Waals surface area contributed by atoms with Crippen LogP contribution in [-0.2, 0) is 6.42 Å². The number of carbonyl (C=O) groups is 1. The van der Waals surface area contributed by atoms with Gasteiger partial charge >= 0.3 is 0 Å². The maximum atomic E-state index is 12.5. The summed E-state index contributed by atoms with van der Waals surface area (Å²) < 4.78 is 0. The Kier molecular flexibility index (Phi) is 3.00. The predicted octanol–water partition coefficient (Wildman–Crippen LogP) is 4.01. The lowest BCUT2D eigenvalue weighted by Gasteiger charge is -2.32. The summed E-state index contributed by atoms with van der Waals surface area (Å²) >= 11 is 0. The summed E-state index contributed by atoms with van der Waals surface area (Å²) in [6, 6.07) is 8.18. The van der Waals surface area contributed by atoms with Crippen LogP contribution in [-0.4, -0.2) is 5.78 Å². The standard InChI is InChI=1S/C16H20O/c17-16-14-9-5-4-8-13(14)10-11-15(16)12-6-2-1-3-7-12/h4-5,8-9,12,15H,1-3,6-7,10-11H2. The van der Waals surface area contributed by atoms with Gasteiger partial charge in [0.25, 0.3) is 0 Å². The number of carbonyl (C=O) groups excluding carboxylic acids is 1. The lowest BCUT2D eigenvalue weighted by molar-refractivity contribution is 0.0819. The van der Waals surface area contributed by atoms with Gasteiger partial charge in [0, 0.05) is 11.5 Å². The van der Waals surface area contributed by atoms with Crippen molar-refractivity contribution in [1.29, 1.82) is 0 Å². The van der Waals surface area contributed by atoms with Crippen molar-refractivity contribution in [2.75, 3.05) is 0 Å². The SMILES string of the molecule is O=C1c2ccccc2CCC1C1CCCCC1. The first kappa shape index (κ1) is 11.0. The Morgan fingerprint density at radius 1 is 0.941 bits per heavy atom. The van der Waals surface area contributed by atoms with Crippen LogP contribution in [0.3, 0.4) is 0 Å². The maximum absolute atomic E-state index is 12.5. The average Bonchev–Trinajstić information content (AvgIpc) is 2.40. The predicted molar refractivity (Wildman–Crippen MR) is 69.2 cm³/mol. The Balaban J connectivity index is 1.83. The first-order valence-electron chi connectivity index (χ1n) is 6.98. The molecule has 0 heterocycles. The molecule has 0 radical (unpaired) electrons. The molecule has 0 aliphatic heterocycles. The van der Waals surface area contributed by atoms with E-state index in [1.807, 2.05) is 18.2 Å². The molecule has 1 atom stereocenters. The van der Waals surface area contributed by atoms with Crippen molar-refractivity contribution in [2.45, 2.75) is 44.9 Å². The van der Waals surface area contributed by atoms with Crippen LogP contribution in [0.15, 0.2) is 24.3 Å². The summed E-state index contributed by atoms with van der Waals surface area (Å²) in [5.41, 5.74) is 2.28. The molecule has 0 bridgehead atoms. The zero-order valence-corrected chi connectivity index (χ0v) is 10.3. The van der Waals surface area contributed by atoms with Gasteiger partial charge in [-0.25, -0.2) is 0 Å². The van der Waals surface area contributed by atoms with Crippen LogP contribution in [0.25, 0.3) is 0 Å². The van der Waals surface area contributed by atoms with Crippen molar-refractivity contribution < 1.29 is 4.79 Å². The van der Waals surface area contributed by atoms with Crippen LogP contribution in [0.4, 0.5) is 0 Å². The first-order valence-corrected chi connectivity index (χ1v) is 6.98. The minimum absolute atomic E-state index is 0.324. The first-order chi connectivity index (χ1) is 8.36. The Morgan fingerprint density at radius 3 is 2.53 bits per heavy atom. The minimum Gasteiger partial charge on any atom is -0.294 e. The molecule has 0 N–H and O–H groups in total. The van der Waals surface area contributed by atoms with Gasteiger partial charge in [-0.3, -0.25) is 4.79 Å². The summed E-state index contributed by atoms with van der Waals surface area (Å²) in [7, 11) is 0. The van der Waals surface area contributed by atoms with Gasteiger partial charge in [-0.05, 0) is 37.2 Å². The number of Topliss-reactive ketones (excluding diaryl/α,β-unsaturated/α-hetero) is 1. The third-order valence-corrected chi connectivity index (χ3v) is 4.56. The topological polar surface area (TPSA) is 17.1 Å². The Hall–Kier alpha value is -1.11. The van der Waals surface area contributed by atoms with Crippen molar-refractivity contribution in [3.8, 4) is 0 Å². The molecule has 2 aliphatic rings. The summed E-state index contributed by atoms with van der Waals surface area (Å²) in [5, 5.41) is 0. The van der Waals surface area contributed by atoms with Crippen LogP contribution in [0.1, 0.15) is 54.4 Å². The van der Waals surface area contributed by atoms with Gasteiger partial charge in [0.1, 0.15) is 0 Å². The van der Waals surface area contributed by atoms with Crippen LogP contribution in [0.5, 0.6) is 0 Å². The molecule has 1 saturated carbocycles. The summed E-state index contributed by atoms with van der Waals surface area (Å²) in [4.78, 5) is 12.5. The van der Waals surface area contributed by atoms with Crippen LogP contribution in [0.2, 0.25) is 0 Å². The Morgan fingerprint density at radius 2 is 1.71 bits per heavy atom. The largest absolute Gasteiger partial charge is 0.294 e. The van der Waals surface area contributed by atoms with E-state index in [2.05, 4.69) is 6.07 Å². The second-order valence-corrected chi connectivity index (χ2v) is 5.56. The summed E-state index contributed by atoms with van der Waals surface area (Å²) in [6.07, 6.45) is 8.76. The monoisotopic (exact) mass is 228 g/mol. The molecular formula is C16H20O. The van der Waals surface area contributed by atoms with Gasteiger partial charge in [0.2, 0.25) is 0 Å². The van der Waals surface area contributed by atoms with E-state index in [9.17, 15) is 4.79 Å². The van der Waals surface area contributed by atoms with E-state index in [0.29, 0.717) is 17.6 Å². The molecule has 1 unspecified atom stereocenters. The van der Waals surface area contributed by atoms with Gasteiger partial charge in [0.05, 0.1) is 0 Å². The number of ketones is 1. The molecule has 2 aliphatic carbocycles. The van der Waals surface area contributed by atoms with Gasteiger partial charge in [-0.2, -0.15) is 0 Å². The maximum Gasteiger partial charge on any atom is 0.166 e. The average molecular weight is 228 g/mol. The van der Waals surface area contributed by atoms with Crippen LogP contribution >= 0.6 is 0 Å². The van der Waals surface area contributed by atoms with Gasteiger partial charge in [-0.15, -0.1) is 0 Å². The summed E-state index contributed by atoms with van der Waals surface area (Å²) in [5.74, 6) is 1.42. The fraction of sp³-hybridized carbons (Fsp3) is 0.562. The second kappa shape index (κ2) is 4.64. The molecule has 90 valence electrons. The Labute approximate surface area is 103 Å². The van der Waals surface area contributed by atoms with E-state index in [1.54, 1.807) is 0 Å². The lowest BCUT2D eigenvalue weighted by atomic mass is 9.71. The van der Waals surface area contributed by atoms with E-state index < -0.39 is 0 Å². The molecule has 1 aromatic rings. The smallest absolute Gasteiger partial charge is 0.166 e. The number of aryl methyl sites for hydroxylation is 1. The highest BCUT2D eigenvalue weighted by molar-refractivity contribution is 6.00. The number of fused-ring (bicyclic) bond motifs is 1. The molecule has 0 amide bonds. The van der Waals surface area contributed by atoms with Crippen molar-refractivity contribution in [1.82, 2.24) is 0 Å². The summed E-state index contributed by atoms with van der Waals surface area (Å²) in [6.45, 7) is 0. The van der Waals surface area contributed by atoms with Crippen molar-refractivity contribution in [3.05, 3.63) is 35.4 Å². The quantitative estimate of drug-likeness (QED) is 0.709. The van der Waals surface area contributed by atoms with Gasteiger partial charge in [0.15, 0.2) is 5.78 Å². The van der Waals surface area contributed by atoms with E-state index in [4.69, 9.17) is 0 Å². The number of rotatable bonds is 1. The molecule has 1 fully saturated rings. The molecule has 0 saturated heterocycles. The highest BCUT2D eigenvalue weighted by Gasteiger charge is 2.33. The molecule has 1 heteroatoms. The molecule has 0 aromatic heterocycles. The minimum atomic E-state index is 0.324. The normalized spacial score (nSPS) is 25.6. The highest BCUT2D eigenvalue weighted by Crippen LogP contribution is 2.37. The van der Waals surface area contributed by atoms with E-state index in [1.165, 1.54) is 37.7 Å². The highest BCUT2D eigenvalue weighted by atomic mass is 16.1. The van der Waals surface area contributed by atoms with E-state index in [-0.39, 0.29) is 0 Å².